The number of hydrogen-bond acceptors (Lipinski definition) is 3. The van der Waals surface area contributed by atoms with E-state index in [0.29, 0.717) is 0 Å². The van der Waals surface area contributed by atoms with E-state index in [1.807, 2.05) is 59.1 Å². The first kappa shape index (κ1) is 15.7. The van der Waals surface area contributed by atoms with Gasteiger partial charge in [-0.15, -0.1) is 0 Å². The SMILES string of the molecule is CN(C)Cc1ccc(NC(=O)COC(C)(C)C)cc1. The molecular formula is C15H24N2O2. The zero-order valence-electron chi connectivity index (χ0n) is 12.5. The predicted octanol–water partition coefficient (Wildman–Crippen LogP) is 2.50. The van der Waals surface area contributed by atoms with E-state index in [-0.39, 0.29) is 18.1 Å². The lowest BCUT2D eigenvalue weighted by Crippen LogP contribution is -2.27. The van der Waals surface area contributed by atoms with Crippen LogP contribution in [0.4, 0.5) is 5.69 Å². The lowest BCUT2D eigenvalue weighted by molar-refractivity contribution is -0.125. The van der Waals surface area contributed by atoms with Crippen molar-refractivity contribution in [3.63, 3.8) is 0 Å². The number of carbonyl (C=O) groups is 1. The summed E-state index contributed by atoms with van der Waals surface area (Å²) in [5.74, 6) is -0.129. The van der Waals surface area contributed by atoms with Crippen LogP contribution in [-0.2, 0) is 16.1 Å². The minimum absolute atomic E-state index is 0.0724. The highest BCUT2D eigenvalue weighted by Crippen LogP contribution is 2.11. The maximum atomic E-state index is 11.7. The zero-order chi connectivity index (χ0) is 14.5. The number of anilines is 1. The Balaban J connectivity index is 2.47. The summed E-state index contributed by atoms with van der Waals surface area (Å²) < 4.78 is 5.42. The molecule has 4 heteroatoms. The number of hydrogen-bond donors (Lipinski definition) is 1. The Hall–Kier alpha value is -1.39. The highest BCUT2D eigenvalue weighted by atomic mass is 16.5. The molecule has 1 N–H and O–H groups in total. The Morgan fingerprint density at radius 2 is 1.79 bits per heavy atom. The fourth-order valence-electron chi connectivity index (χ4n) is 1.54. The lowest BCUT2D eigenvalue weighted by atomic mass is 10.2. The topological polar surface area (TPSA) is 41.6 Å². The normalized spacial score (nSPS) is 11.7. The number of carbonyl (C=O) groups excluding carboxylic acids is 1. The highest BCUT2D eigenvalue weighted by molar-refractivity contribution is 5.91. The van der Waals surface area contributed by atoms with Gasteiger partial charge in [-0.05, 0) is 52.6 Å². The maximum absolute atomic E-state index is 11.7. The number of ether oxygens (including phenoxy) is 1. The fraction of sp³-hybridized carbons (Fsp3) is 0.533. The van der Waals surface area contributed by atoms with E-state index in [1.165, 1.54) is 5.56 Å². The molecule has 1 aromatic rings. The third kappa shape index (κ3) is 6.94. The monoisotopic (exact) mass is 264 g/mol. The van der Waals surface area contributed by atoms with E-state index in [1.54, 1.807) is 0 Å². The van der Waals surface area contributed by atoms with Gasteiger partial charge in [-0.25, -0.2) is 0 Å². The molecule has 0 bridgehead atoms. The molecule has 1 rings (SSSR count). The first-order valence-corrected chi connectivity index (χ1v) is 6.44. The second-order valence-electron chi connectivity index (χ2n) is 5.88. The quantitative estimate of drug-likeness (QED) is 0.888. The van der Waals surface area contributed by atoms with Crippen LogP contribution < -0.4 is 5.32 Å². The van der Waals surface area contributed by atoms with E-state index < -0.39 is 0 Å². The Morgan fingerprint density at radius 3 is 2.26 bits per heavy atom. The number of benzene rings is 1. The van der Waals surface area contributed by atoms with Gasteiger partial charge in [0.2, 0.25) is 5.91 Å². The summed E-state index contributed by atoms with van der Waals surface area (Å²) in [5.41, 5.74) is 1.71. The molecule has 0 saturated heterocycles. The molecule has 0 aromatic heterocycles. The molecule has 0 radical (unpaired) electrons. The molecule has 1 aromatic carbocycles. The third-order valence-corrected chi connectivity index (χ3v) is 2.37. The summed E-state index contributed by atoms with van der Waals surface area (Å²) in [6, 6.07) is 7.85. The standard InChI is InChI=1S/C15H24N2O2/c1-15(2,3)19-11-14(18)16-13-8-6-12(7-9-13)10-17(4)5/h6-9H,10-11H2,1-5H3,(H,16,18). The van der Waals surface area contributed by atoms with Crippen LogP contribution in [0, 0.1) is 0 Å². The van der Waals surface area contributed by atoms with Crippen molar-refractivity contribution in [3.8, 4) is 0 Å². The molecule has 0 spiro atoms. The summed E-state index contributed by atoms with van der Waals surface area (Å²) in [6.07, 6.45) is 0. The van der Waals surface area contributed by atoms with Crippen molar-refractivity contribution in [3.05, 3.63) is 29.8 Å². The van der Waals surface area contributed by atoms with Crippen molar-refractivity contribution in [2.24, 2.45) is 0 Å². The minimum Gasteiger partial charge on any atom is -0.366 e. The molecule has 0 fully saturated rings. The molecule has 0 heterocycles. The second kappa shape index (κ2) is 6.68. The van der Waals surface area contributed by atoms with Gasteiger partial charge in [-0.3, -0.25) is 4.79 Å². The molecule has 0 saturated carbocycles. The van der Waals surface area contributed by atoms with Crippen molar-refractivity contribution in [2.75, 3.05) is 26.0 Å². The minimum atomic E-state index is -0.299. The molecule has 0 aliphatic heterocycles. The van der Waals surface area contributed by atoms with E-state index in [0.717, 1.165) is 12.2 Å². The summed E-state index contributed by atoms with van der Waals surface area (Å²) in [7, 11) is 4.05. The molecule has 0 aliphatic carbocycles. The first-order valence-electron chi connectivity index (χ1n) is 6.44. The number of amides is 1. The van der Waals surface area contributed by atoms with E-state index in [2.05, 4.69) is 10.2 Å². The van der Waals surface area contributed by atoms with Gasteiger partial charge in [0.1, 0.15) is 6.61 Å². The van der Waals surface area contributed by atoms with Crippen molar-refractivity contribution in [2.45, 2.75) is 32.9 Å². The fourth-order valence-corrected chi connectivity index (χ4v) is 1.54. The van der Waals surface area contributed by atoms with Crippen molar-refractivity contribution < 1.29 is 9.53 Å². The average Bonchev–Trinajstić information content (AvgIpc) is 2.28. The Kier molecular flexibility index (Phi) is 5.51. The van der Waals surface area contributed by atoms with Crippen molar-refractivity contribution in [1.82, 2.24) is 4.90 Å². The second-order valence-corrected chi connectivity index (χ2v) is 5.88. The first-order chi connectivity index (χ1) is 8.76. The summed E-state index contributed by atoms with van der Waals surface area (Å²) in [4.78, 5) is 13.8. The maximum Gasteiger partial charge on any atom is 0.250 e. The summed E-state index contributed by atoms with van der Waals surface area (Å²) in [5, 5.41) is 2.82. The van der Waals surface area contributed by atoms with Gasteiger partial charge in [-0.2, -0.15) is 0 Å². The van der Waals surface area contributed by atoms with Crippen molar-refractivity contribution >= 4 is 11.6 Å². The molecule has 19 heavy (non-hydrogen) atoms. The van der Waals surface area contributed by atoms with Crippen molar-refractivity contribution in [1.29, 1.82) is 0 Å². The van der Waals surface area contributed by atoms with E-state index >= 15 is 0 Å². The van der Waals surface area contributed by atoms with Crippen LogP contribution in [0.15, 0.2) is 24.3 Å². The van der Waals surface area contributed by atoms with Crippen LogP contribution in [0.25, 0.3) is 0 Å². The molecule has 0 unspecified atom stereocenters. The van der Waals surface area contributed by atoms with Gasteiger partial charge >= 0.3 is 0 Å². The van der Waals surface area contributed by atoms with Crippen LogP contribution in [0.2, 0.25) is 0 Å². The van der Waals surface area contributed by atoms with Gasteiger partial charge in [0, 0.05) is 12.2 Å². The van der Waals surface area contributed by atoms with Crippen LogP contribution in [-0.4, -0.2) is 37.1 Å². The summed E-state index contributed by atoms with van der Waals surface area (Å²) in [6.45, 7) is 6.74. The van der Waals surface area contributed by atoms with Crippen LogP contribution in [0.3, 0.4) is 0 Å². The molecule has 106 valence electrons. The van der Waals surface area contributed by atoms with Crippen LogP contribution >= 0.6 is 0 Å². The zero-order valence-corrected chi connectivity index (χ0v) is 12.5. The van der Waals surface area contributed by atoms with Crippen LogP contribution in [0.5, 0.6) is 0 Å². The Bertz CT molecular complexity index is 405. The van der Waals surface area contributed by atoms with E-state index in [9.17, 15) is 4.79 Å². The van der Waals surface area contributed by atoms with Gasteiger partial charge < -0.3 is 15.0 Å². The molecule has 0 atom stereocenters. The third-order valence-electron chi connectivity index (χ3n) is 2.37. The van der Waals surface area contributed by atoms with Crippen LogP contribution in [0.1, 0.15) is 26.3 Å². The predicted molar refractivity (Wildman–Crippen MR) is 78.2 cm³/mol. The van der Waals surface area contributed by atoms with Gasteiger partial charge in [0.25, 0.3) is 0 Å². The Morgan fingerprint density at radius 1 is 1.21 bits per heavy atom. The molecule has 4 nitrogen and oxygen atoms in total. The molecule has 1 amide bonds. The molecule has 0 aliphatic rings. The number of nitrogens with one attached hydrogen (secondary N) is 1. The Labute approximate surface area is 115 Å². The number of nitrogens with zero attached hydrogens (tertiary/aromatic N) is 1. The van der Waals surface area contributed by atoms with Gasteiger partial charge in [0.05, 0.1) is 5.60 Å². The smallest absolute Gasteiger partial charge is 0.250 e. The van der Waals surface area contributed by atoms with Gasteiger partial charge in [0.15, 0.2) is 0 Å². The molecular weight excluding hydrogens is 240 g/mol. The highest BCUT2D eigenvalue weighted by Gasteiger charge is 2.12. The van der Waals surface area contributed by atoms with Gasteiger partial charge in [-0.1, -0.05) is 12.1 Å². The summed E-state index contributed by atoms with van der Waals surface area (Å²) >= 11 is 0. The van der Waals surface area contributed by atoms with E-state index in [4.69, 9.17) is 4.74 Å². The largest absolute Gasteiger partial charge is 0.366 e. The average molecular weight is 264 g/mol. The number of rotatable bonds is 5. The lowest BCUT2D eigenvalue weighted by Gasteiger charge is -2.19.